The summed E-state index contributed by atoms with van der Waals surface area (Å²) >= 11 is 0. The van der Waals surface area contributed by atoms with Crippen LogP contribution in [0.4, 0.5) is 8.78 Å². The summed E-state index contributed by atoms with van der Waals surface area (Å²) < 4.78 is 37.8. The number of alkyl halides is 2. The van der Waals surface area contributed by atoms with Crippen molar-refractivity contribution in [3.05, 3.63) is 23.8 Å². The number of piperazine rings is 1. The molecule has 8 heteroatoms. The molecule has 0 aromatic heterocycles. The fourth-order valence-electron chi connectivity index (χ4n) is 2.62. The molecule has 1 aliphatic rings. The molecule has 0 unspecified atom stereocenters. The molecule has 1 N–H and O–H groups in total. The standard InChI is InChI=1S/C15H22F2N2O2.2ClH/c1-3-21-13-10-11(4-5-12(13)20-2)14(15(16)17)19-8-6-18-7-9-19;;/h4-5,10,14-15,18H,3,6-9H2,1-2H3;2*1H/t14-;;/m1../s1. The van der Waals surface area contributed by atoms with Crippen molar-refractivity contribution in [3.8, 4) is 11.5 Å². The smallest absolute Gasteiger partial charge is 0.258 e. The Morgan fingerprint density at radius 3 is 2.35 bits per heavy atom. The second-order valence-corrected chi connectivity index (χ2v) is 4.91. The molecule has 0 spiro atoms. The van der Waals surface area contributed by atoms with Gasteiger partial charge in [0.05, 0.1) is 19.8 Å². The van der Waals surface area contributed by atoms with Crippen LogP contribution < -0.4 is 14.8 Å². The van der Waals surface area contributed by atoms with Crippen LogP contribution in [-0.4, -0.2) is 51.2 Å². The number of halogens is 4. The predicted octanol–water partition coefficient (Wildman–Crippen LogP) is 3.15. The first-order valence-corrected chi connectivity index (χ1v) is 7.21. The third-order valence-corrected chi connectivity index (χ3v) is 3.61. The van der Waals surface area contributed by atoms with Gasteiger partial charge in [-0.2, -0.15) is 0 Å². The largest absolute Gasteiger partial charge is 0.493 e. The molecule has 23 heavy (non-hydrogen) atoms. The Hall–Kier alpha value is -0.820. The lowest BCUT2D eigenvalue weighted by atomic mass is 10.0. The molecule has 2 rings (SSSR count). The lowest BCUT2D eigenvalue weighted by Gasteiger charge is -2.34. The fraction of sp³-hybridized carbons (Fsp3) is 0.600. The van der Waals surface area contributed by atoms with Crippen LogP contribution in [0.15, 0.2) is 18.2 Å². The van der Waals surface area contributed by atoms with Crippen molar-refractivity contribution in [1.82, 2.24) is 10.2 Å². The molecule has 1 heterocycles. The molecule has 134 valence electrons. The number of hydrogen-bond acceptors (Lipinski definition) is 4. The minimum Gasteiger partial charge on any atom is -0.493 e. The van der Waals surface area contributed by atoms with Gasteiger partial charge in [0.1, 0.15) is 0 Å². The maximum Gasteiger partial charge on any atom is 0.258 e. The maximum atomic E-state index is 13.5. The van der Waals surface area contributed by atoms with Gasteiger partial charge in [0.15, 0.2) is 11.5 Å². The molecule has 4 nitrogen and oxygen atoms in total. The number of hydrogen-bond donors (Lipinski definition) is 1. The quantitative estimate of drug-likeness (QED) is 0.831. The van der Waals surface area contributed by atoms with Gasteiger partial charge in [0.2, 0.25) is 0 Å². The number of benzene rings is 1. The highest BCUT2D eigenvalue weighted by atomic mass is 35.5. The molecule has 1 saturated heterocycles. The van der Waals surface area contributed by atoms with Crippen molar-refractivity contribution in [2.45, 2.75) is 19.4 Å². The van der Waals surface area contributed by atoms with Crippen molar-refractivity contribution in [3.63, 3.8) is 0 Å². The average Bonchev–Trinajstić information content (AvgIpc) is 2.49. The Morgan fingerprint density at radius 2 is 1.83 bits per heavy atom. The Kier molecular flexibility index (Phi) is 10.5. The molecule has 0 saturated carbocycles. The van der Waals surface area contributed by atoms with E-state index >= 15 is 0 Å². The number of rotatable bonds is 6. The highest BCUT2D eigenvalue weighted by Crippen LogP contribution is 2.34. The highest BCUT2D eigenvalue weighted by Gasteiger charge is 2.30. The third kappa shape index (κ3) is 5.64. The van der Waals surface area contributed by atoms with E-state index in [4.69, 9.17) is 9.47 Å². The molecular weight excluding hydrogens is 349 g/mol. The lowest BCUT2D eigenvalue weighted by Crippen LogP contribution is -2.46. The number of ether oxygens (including phenoxy) is 2. The van der Waals surface area contributed by atoms with E-state index in [1.54, 1.807) is 25.3 Å². The van der Waals surface area contributed by atoms with Gasteiger partial charge in [0, 0.05) is 26.2 Å². The van der Waals surface area contributed by atoms with Crippen LogP contribution in [0.2, 0.25) is 0 Å². The predicted molar refractivity (Wildman–Crippen MR) is 91.8 cm³/mol. The second kappa shape index (κ2) is 10.9. The minimum absolute atomic E-state index is 0. The van der Waals surface area contributed by atoms with Gasteiger partial charge in [-0.05, 0) is 24.6 Å². The van der Waals surface area contributed by atoms with E-state index in [0.717, 1.165) is 13.1 Å². The summed E-state index contributed by atoms with van der Waals surface area (Å²) in [5.74, 6) is 1.08. The molecule has 1 aliphatic heterocycles. The van der Waals surface area contributed by atoms with Crippen LogP contribution in [0, 0.1) is 0 Å². The third-order valence-electron chi connectivity index (χ3n) is 3.61. The zero-order valence-corrected chi connectivity index (χ0v) is 14.9. The van der Waals surface area contributed by atoms with Crippen LogP contribution in [0.25, 0.3) is 0 Å². The Bertz CT molecular complexity index is 461. The Balaban J connectivity index is 0.00000242. The summed E-state index contributed by atoms with van der Waals surface area (Å²) in [5, 5.41) is 3.18. The first kappa shape index (κ1) is 22.2. The molecule has 1 aromatic carbocycles. The molecule has 0 aliphatic carbocycles. The SMILES string of the molecule is CCOc1cc([C@H](C(F)F)N2CCNCC2)ccc1OC.Cl.Cl. The summed E-state index contributed by atoms with van der Waals surface area (Å²) in [6.07, 6.45) is -2.44. The monoisotopic (exact) mass is 372 g/mol. The molecule has 0 bridgehead atoms. The van der Waals surface area contributed by atoms with Crippen LogP contribution in [0.5, 0.6) is 11.5 Å². The van der Waals surface area contributed by atoms with E-state index < -0.39 is 12.5 Å². The first-order chi connectivity index (χ1) is 10.2. The van der Waals surface area contributed by atoms with Crippen molar-refractivity contribution in [2.24, 2.45) is 0 Å². The summed E-state index contributed by atoms with van der Waals surface area (Å²) in [6, 6.07) is 4.15. The molecular formula is C15H24Cl2F2N2O2. The highest BCUT2D eigenvalue weighted by molar-refractivity contribution is 5.85. The van der Waals surface area contributed by atoms with Gasteiger partial charge < -0.3 is 14.8 Å². The van der Waals surface area contributed by atoms with Gasteiger partial charge in [0.25, 0.3) is 6.43 Å². The molecule has 0 amide bonds. The maximum absolute atomic E-state index is 13.5. The van der Waals surface area contributed by atoms with E-state index in [1.165, 1.54) is 0 Å². The lowest BCUT2D eigenvalue weighted by molar-refractivity contribution is 0.0180. The van der Waals surface area contributed by atoms with Crippen molar-refractivity contribution < 1.29 is 18.3 Å². The first-order valence-electron chi connectivity index (χ1n) is 7.21. The zero-order chi connectivity index (χ0) is 15.2. The van der Waals surface area contributed by atoms with Crippen molar-refractivity contribution in [2.75, 3.05) is 39.9 Å². The van der Waals surface area contributed by atoms with E-state index in [9.17, 15) is 8.78 Å². The summed E-state index contributed by atoms with van der Waals surface area (Å²) in [6.45, 7) is 5.02. The van der Waals surface area contributed by atoms with E-state index in [2.05, 4.69) is 5.32 Å². The summed E-state index contributed by atoms with van der Waals surface area (Å²) in [4.78, 5) is 1.82. The summed E-state index contributed by atoms with van der Waals surface area (Å²) in [5.41, 5.74) is 0.566. The van der Waals surface area contributed by atoms with Gasteiger partial charge in [-0.25, -0.2) is 8.78 Å². The minimum atomic E-state index is -2.44. The summed E-state index contributed by atoms with van der Waals surface area (Å²) in [7, 11) is 1.54. The van der Waals surface area contributed by atoms with Gasteiger partial charge >= 0.3 is 0 Å². The Labute approximate surface area is 148 Å². The molecule has 1 fully saturated rings. The van der Waals surface area contributed by atoms with Crippen molar-refractivity contribution >= 4 is 24.8 Å². The van der Waals surface area contributed by atoms with Gasteiger partial charge in [-0.1, -0.05) is 6.07 Å². The van der Waals surface area contributed by atoms with Gasteiger partial charge in [-0.15, -0.1) is 24.8 Å². The molecule has 1 aromatic rings. The van der Waals surface area contributed by atoms with Crippen LogP contribution in [0.3, 0.4) is 0 Å². The topological polar surface area (TPSA) is 33.7 Å². The fourth-order valence-corrected chi connectivity index (χ4v) is 2.62. The van der Waals surface area contributed by atoms with E-state index in [0.29, 0.717) is 36.8 Å². The van der Waals surface area contributed by atoms with E-state index in [1.807, 2.05) is 11.8 Å². The number of methoxy groups -OCH3 is 1. The molecule has 1 atom stereocenters. The van der Waals surface area contributed by atoms with E-state index in [-0.39, 0.29) is 24.8 Å². The molecule has 0 radical (unpaired) electrons. The van der Waals surface area contributed by atoms with Crippen molar-refractivity contribution in [1.29, 1.82) is 0 Å². The Morgan fingerprint density at radius 1 is 1.17 bits per heavy atom. The van der Waals surface area contributed by atoms with Gasteiger partial charge in [-0.3, -0.25) is 4.90 Å². The van der Waals surface area contributed by atoms with Crippen LogP contribution in [0.1, 0.15) is 18.5 Å². The van der Waals surface area contributed by atoms with Crippen LogP contribution >= 0.6 is 24.8 Å². The zero-order valence-electron chi connectivity index (χ0n) is 13.3. The average molecular weight is 373 g/mol. The normalized spacial score (nSPS) is 16.2. The number of nitrogens with one attached hydrogen (secondary N) is 1. The second-order valence-electron chi connectivity index (χ2n) is 4.91. The number of nitrogens with zero attached hydrogens (tertiary/aromatic N) is 1. The van der Waals surface area contributed by atoms with Crippen LogP contribution in [-0.2, 0) is 0 Å².